The van der Waals surface area contributed by atoms with Gasteiger partial charge in [0.1, 0.15) is 5.15 Å². The predicted molar refractivity (Wildman–Crippen MR) is 61.3 cm³/mol. The molecule has 0 aromatic carbocycles. The molecule has 0 fully saturated rings. The van der Waals surface area contributed by atoms with Gasteiger partial charge >= 0.3 is 0 Å². The molecule has 1 heterocycles. The van der Waals surface area contributed by atoms with E-state index in [2.05, 4.69) is 4.98 Å². The van der Waals surface area contributed by atoms with Gasteiger partial charge in [0.15, 0.2) is 6.29 Å². The number of carbonyl (C=O) groups excluding carboxylic acids is 2. The molecule has 0 saturated carbocycles. The number of rotatable bonds is 4. The van der Waals surface area contributed by atoms with Crippen molar-refractivity contribution in [1.29, 1.82) is 0 Å². The Morgan fingerprint density at radius 3 is 2.69 bits per heavy atom. The average Bonchev–Trinajstić information content (AvgIpc) is 2.17. The molecule has 1 aromatic rings. The zero-order valence-corrected chi connectivity index (χ0v) is 9.91. The second-order valence-corrected chi connectivity index (χ2v) is 4.60. The number of primary amides is 1. The Hall–Kier alpha value is -1.42. The number of hydrogen-bond donors (Lipinski definition) is 1. The lowest BCUT2D eigenvalue weighted by atomic mass is 9.86. The maximum Gasteiger partial charge on any atom is 0.223 e. The van der Waals surface area contributed by atoms with E-state index >= 15 is 0 Å². The minimum atomic E-state index is -0.755. The first-order chi connectivity index (χ1) is 7.36. The summed E-state index contributed by atoms with van der Waals surface area (Å²) in [7, 11) is 0. The van der Waals surface area contributed by atoms with Gasteiger partial charge in [-0.3, -0.25) is 9.59 Å². The highest BCUT2D eigenvalue weighted by Gasteiger charge is 2.27. The summed E-state index contributed by atoms with van der Waals surface area (Å²) in [5.74, 6) is -0.439. The summed E-state index contributed by atoms with van der Waals surface area (Å²) in [5.41, 5.74) is 5.43. The normalized spacial score (nSPS) is 11.2. The van der Waals surface area contributed by atoms with Crippen LogP contribution in [0.5, 0.6) is 0 Å². The van der Waals surface area contributed by atoms with Crippen molar-refractivity contribution in [3.63, 3.8) is 0 Å². The van der Waals surface area contributed by atoms with Crippen LogP contribution in [0.1, 0.15) is 29.9 Å². The van der Waals surface area contributed by atoms with Crippen molar-refractivity contribution in [3.05, 3.63) is 28.5 Å². The number of carbonyl (C=O) groups is 2. The van der Waals surface area contributed by atoms with Gasteiger partial charge < -0.3 is 5.73 Å². The van der Waals surface area contributed by atoms with Crippen molar-refractivity contribution in [2.24, 2.45) is 11.1 Å². The quantitative estimate of drug-likeness (QED) is 0.642. The molecular weight excluding hydrogens is 228 g/mol. The van der Waals surface area contributed by atoms with Crippen molar-refractivity contribution in [3.8, 4) is 0 Å². The second-order valence-electron chi connectivity index (χ2n) is 4.21. The molecular formula is C11H13ClN2O2. The van der Waals surface area contributed by atoms with Gasteiger partial charge in [0.05, 0.1) is 5.69 Å². The molecule has 0 unspecified atom stereocenters. The Labute approximate surface area is 98.8 Å². The average molecular weight is 241 g/mol. The van der Waals surface area contributed by atoms with E-state index in [-0.39, 0.29) is 6.42 Å². The lowest BCUT2D eigenvalue weighted by molar-refractivity contribution is -0.125. The van der Waals surface area contributed by atoms with Crippen LogP contribution < -0.4 is 5.73 Å². The number of amides is 1. The molecule has 2 N–H and O–H groups in total. The molecule has 0 spiro atoms. The maximum absolute atomic E-state index is 11.2. The summed E-state index contributed by atoms with van der Waals surface area (Å²) >= 11 is 5.74. The summed E-state index contributed by atoms with van der Waals surface area (Å²) in [5, 5.41) is 0.292. The summed E-state index contributed by atoms with van der Waals surface area (Å²) in [6.07, 6.45) is 0.979. The lowest BCUT2D eigenvalue weighted by Gasteiger charge is -2.20. The fourth-order valence-corrected chi connectivity index (χ4v) is 1.41. The Kier molecular flexibility index (Phi) is 3.65. The molecule has 0 saturated heterocycles. The highest BCUT2D eigenvalue weighted by Crippen LogP contribution is 2.22. The minimum Gasteiger partial charge on any atom is -0.369 e. The third-order valence-electron chi connectivity index (χ3n) is 2.38. The number of halogens is 1. The van der Waals surface area contributed by atoms with E-state index in [9.17, 15) is 9.59 Å². The maximum atomic E-state index is 11.2. The van der Waals surface area contributed by atoms with E-state index in [0.29, 0.717) is 22.7 Å². The molecule has 86 valence electrons. The van der Waals surface area contributed by atoms with E-state index in [1.165, 1.54) is 6.07 Å². The van der Waals surface area contributed by atoms with Crippen molar-refractivity contribution >= 4 is 23.8 Å². The molecule has 0 aliphatic heterocycles. The summed E-state index contributed by atoms with van der Waals surface area (Å²) in [6, 6.07) is 3.11. The number of aldehydes is 1. The van der Waals surface area contributed by atoms with Crippen LogP contribution in [0, 0.1) is 5.41 Å². The van der Waals surface area contributed by atoms with Gasteiger partial charge in [-0.15, -0.1) is 0 Å². The smallest absolute Gasteiger partial charge is 0.223 e. The topological polar surface area (TPSA) is 73.1 Å². The first kappa shape index (κ1) is 12.6. The highest BCUT2D eigenvalue weighted by atomic mass is 35.5. The Balaban J connectivity index is 3.09. The second kappa shape index (κ2) is 4.61. The van der Waals surface area contributed by atoms with E-state index in [1.807, 2.05) is 0 Å². The Morgan fingerprint density at radius 2 is 2.19 bits per heavy atom. The van der Waals surface area contributed by atoms with Gasteiger partial charge in [-0.2, -0.15) is 0 Å². The fraction of sp³-hybridized carbons (Fsp3) is 0.364. The van der Waals surface area contributed by atoms with E-state index in [4.69, 9.17) is 17.3 Å². The molecule has 0 aliphatic carbocycles. The standard InChI is InChI=1S/C11H13ClN2O2/c1-11(2,10(13)16)5-8-7(6-15)3-4-9(12)14-8/h3-4,6H,5H2,1-2H3,(H2,13,16). The number of aromatic nitrogens is 1. The van der Waals surface area contributed by atoms with Crippen LogP contribution in [0.2, 0.25) is 5.15 Å². The Morgan fingerprint density at radius 1 is 1.56 bits per heavy atom. The zero-order valence-electron chi connectivity index (χ0n) is 9.16. The molecule has 16 heavy (non-hydrogen) atoms. The molecule has 1 rings (SSSR count). The number of hydrogen-bond acceptors (Lipinski definition) is 3. The summed E-state index contributed by atoms with van der Waals surface area (Å²) < 4.78 is 0. The molecule has 0 radical (unpaired) electrons. The zero-order chi connectivity index (χ0) is 12.3. The number of pyridine rings is 1. The molecule has 4 nitrogen and oxygen atoms in total. The van der Waals surface area contributed by atoms with Crippen LogP contribution in [-0.4, -0.2) is 17.2 Å². The van der Waals surface area contributed by atoms with Gasteiger partial charge in [0.25, 0.3) is 0 Å². The molecule has 0 aliphatic rings. The van der Waals surface area contributed by atoms with E-state index < -0.39 is 11.3 Å². The summed E-state index contributed by atoms with van der Waals surface area (Å²) in [4.78, 5) is 26.0. The van der Waals surface area contributed by atoms with Crippen LogP contribution >= 0.6 is 11.6 Å². The Bertz CT molecular complexity index is 430. The summed E-state index contributed by atoms with van der Waals surface area (Å²) in [6.45, 7) is 3.40. The van der Waals surface area contributed by atoms with E-state index in [1.54, 1.807) is 19.9 Å². The van der Waals surface area contributed by atoms with Gasteiger partial charge in [-0.25, -0.2) is 4.98 Å². The van der Waals surface area contributed by atoms with Crippen molar-refractivity contribution in [1.82, 2.24) is 4.98 Å². The van der Waals surface area contributed by atoms with Crippen molar-refractivity contribution in [2.75, 3.05) is 0 Å². The lowest BCUT2D eigenvalue weighted by Crippen LogP contribution is -2.34. The van der Waals surface area contributed by atoms with Crippen molar-refractivity contribution < 1.29 is 9.59 Å². The number of nitrogens with two attached hydrogens (primary N) is 1. The first-order valence-electron chi connectivity index (χ1n) is 4.77. The molecule has 0 atom stereocenters. The fourth-order valence-electron chi connectivity index (χ4n) is 1.24. The van der Waals surface area contributed by atoms with Crippen LogP contribution in [0.25, 0.3) is 0 Å². The van der Waals surface area contributed by atoms with Crippen LogP contribution in [0.15, 0.2) is 12.1 Å². The van der Waals surface area contributed by atoms with E-state index in [0.717, 1.165) is 0 Å². The third kappa shape index (κ3) is 2.79. The molecule has 1 amide bonds. The van der Waals surface area contributed by atoms with Gasteiger partial charge in [0.2, 0.25) is 5.91 Å². The minimum absolute atomic E-state index is 0.289. The van der Waals surface area contributed by atoms with Gasteiger partial charge in [0, 0.05) is 17.4 Å². The SMILES string of the molecule is CC(C)(Cc1nc(Cl)ccc1C=O)C(N)=O. The largest absolute Gasteiger partial charge is 0.369 e. The molecule has 1 aromatic heterocycles. The van der Waals surface area contributed by atoms with Gasteiger partial charge in [-0.1, -0.05) is 25.4 Å². The molecule has 0 bridgehead atoms. The van der Waals surface area contributed by atoms with Crippen molar-refractivity contribution in [2.45, 2.75) is 20.3 Å². The predicted octanol–water partition coefficient (Wildman–Crippen LogP) is 1.60. The third-order valence-corrected chi connectivity index (χ3v) is 2.59. The monoisotopic (exact) mass is 240 g/mol. The molecule has 5 heteroatoms. The highest BCUT2D eigenvalue weighted by molar-refractivity contribution is 6.29. The van der Waals surface area contributed by atoms with Crippen LogP contribution in [0.3, 0.4) is 0 Å². The van der Waals surface area contributed by atoms with Crippen LogP contribution in [0.4, 0.5) is 0 Å². The van der Waals surface area contributed by atoms with Crippen LogP contribution in [-0.2, 0) is 11.2 Å². The van der Waals surface area contributed by atoms with Gasteiger partial charge in [-0.05, 0) is 12.1 Å². The first-order valence-corrected chi connectivity index (χ1v) is 5.15. The number of nitrogens with zero attached hydrogens (tertiary/aromatic N) is 1.